The van der Waals surface area contributed by atoms with E-state index in [2.05, 4.69) is 249 Å². The summed E-state index contributed by atoms with van der Waals surface area (Å²) in [7, 11) is 0. The minimum Gasteiger partial charge on any atom is -0.310 e. The molecule has 0 atom stereocenters. The van der Waals surface area contributed by atoms with Gasteiger partial charge in [0, 0.05) is 17.1 Å². The van der Waals surface area contributed by atoms with Crippen LogP contribution in [0.15, 0.2) is 182 Å². The molecule has 0 saturated heterocycles. The molecule has 62 heavy (non-hydrogen) atoms. The van der Waals surface area contributed by atoms with E-state index in [1.165, 1.54) is 83.5 Å². The monoisotopic (exact) mass is 803 g/mol. The fraction of sp³-hybridized carbons (Fsp3) is 0.213. The number of nitrogens with zero attached hydrogens (tertiary/aromatic N) is 1. The Morgan fingerprint density at radius 3 is 1.10 bits per heavy atom. The van der Waals surface area contributed by atoms with Crippen molar-refractivity contribution in [3.63, 3.8) is 0 Å². The van der Waals surface area contributed by atoms with Crippen LogP contribution in [0, 0.1) is 0 Å². The fourth-order valence-corrected chi connectivity index (χ4v) is 10.1. The minimum atomic E-state index is -0.524. The summed E-state index contributed by atoms with van der Waals surface area (Å²) >= 11 is 0. The molecule has 0 amide bonds. The number of fused-ring (bicyclic) bond motifs is 10. The third kappa shape index (κ3) is 6.44. The Morgan fingerprint density at radius 2 is 0.645 bits per heavy atom. The molecule has 0 aromatic heterocycles. The number of hydrogen-bond donors (Lipinski definition) is 0. The Morgan fingerprint density at radius 1 is 0.290 bits per heavy atom. The first-order valence-electron chi connectivity index (χ1n) is 22.3. The molecule has 1 spiro atoms. The lowest BCUT2D eigenvalue weighted by Gasteiger charge is -2.34. The van der Waals surface area contributed by atoms with Crippen LogP contribution in [0.5, 0.6) is 0 Å². The highest BCUT2D eigenvalue weighted by molar-refractivity contribution is 5.97. The van der Waals surface area contributed by atoms with Gasteiger partial charge in [-0.15, -0.1) is 0 Å². The zero-order valence-electron chi connectivity index (χ0n) is 37.8. The first kappa shape index (κ1) is 39.7. The average molecular weight is 804 g/mol. The number of rotatable bonds is 5. The molecule has 306 valence electrons. The first-order chi connectivity index (χ1) is 29.6. The van der Waals surface area contributed by atoms with Gasteiger partial charge in [-0.2, -0.15) is 0 Å². The number of hydrogen-bond acceptors (Lipinski definition) is 1. The largest absolute Gasteiger partial charge is 0.310 e. The van der Waals surface area contributed by atoms with E-state index < -0.39 is 5.41 Å². The lowest BCUT2D eigenvalue weighted by atomic mass is 9.68. The van der Waals surface area contributed by atoms with Crippen LogP contribution in [0.25, 0.3) is 44.5 Å². The van der Waals surface area contributed by atoms with Crippen molar-refractivity contribution >= 4 is 17.1 Å². The Labute approximate surface area is 369 Å². The van der Waals surface area contributed by atoms with Gasteiger partial charge in [0.2, 0.25) is 0 Å². The van der Waals surface area contributed by atoms with E-state index in [0.717, 1.165) is 17.1 Å². The summed E-state index contributed by atoms with van der Waals surface area (Å²) in [4.78, 5) is 2.46. The molecule has 0 bridgehead atoms. The van der Waals surface area contributed by atoms with Crippen molar-refractivity contribution in [2.45, 2.75) is 84.0 Å². The van der Waals surface area contributed by atoms with Gasteiger partial charge in [0.15, 0.2) is 0 Å². The van der Waals surface area contributed by atoms with Crippen molar-refractivity contribution in [2.24, 2.45) is 0 Å². The summed E-state index contributed by atoms with van der Waals surface area (Å²) in [6.07, 6.45) is 0. The highest BCUT2D eigenvalue weighted by atomic mass is 15.1. The van der Waals surface area contributed by atoms with Gasteiger partial charge in [0.1, 0.15) is 0 Å². The topological polar surface area (TPSA) is 3.24 Å². The van der Waals surface area contributed by atoms with Crippen molar-refractivity contribution in [3.05, 3.63) is 221 Å². The Balaban J connectivity index is 1.27. The molecule has 0 heterocycles. The molecule has 1 heteroatoms. The third-order valence-corrected chi connectivity index (χ3v) is 13.6. The van der Waals surface area contributed by atoms with Crippen LogP contribution in [0.3, 0.4) is 0 Å². The maximum Gasteiger partial charge on any atom is 0.0726 e. The maximum atomic E-state index is 2.56. The van der Waals surface area contributed by atoms with Gasteiger partial charge in [-0.3, -0.25) is 0 Å². The van der Waals surface area contributed by atoms with Crippen LogP contribution >= 0.6 is 0 Å². The van der Waals surface area contributed by atoms with Gasteiger partial charge >= 0.3 is 0 Å². The molecule has 0 fully saturated rings. The lowest BCUT2D eigenvalue weighted by Crippen LogP contribution is -2.28. The van der Waals surface area contributed by atoms with E-state index in [4.69, 9.17) is 0 Å². The molecular weight excluding hydrogens is 747 g/mol. The average Bonchev–Trinajstić information content (AvgIpc) is 3.72. The summed E-state index contributed by atoms with van der Waals surface area (Å²) in [5, 5.41) is 0. The van der Waals surface area contributed by atoms with Crippen molar-refractivity contribution in [1.29, 1.82) is 0 Å². The van der Waals surface area contributed by atoms with Crippen LogP contribution in [-0.4, -0.2) is 0 Å². The minimum absolute atomic E-state index is 0.0204. The predicted molar refractivity (Wildman–Crippen MR) is 264 cm³/mol. The second-order valence-electron chi connectivity index (χ2n) is 20.7. The molecule has 8 aromatic carbocycles. The molecule has 0 aliphatic heterocycles. The second-order valence-corrected chi connectivity index (χ2v) is 20.7. The van der Waals surface area contributed by atoms with Crippen molar-refractivity contribution in [2.75, 3.05) is 4.90 Å². The SMILES string of the molecule is CC(C)(C)c1ccc2c(c1)C1(c3cc(N(c4ccc(-c5ccccc5)cc4)c4cccc(-c5ccccc5)c4)ccc3-2)c2cc(C(C)(C)C)ccc2-c2ccc(C(C)(C)C)cc21. The summed E-state index contributed by atoms with van der Waals surface area (Å²) in [6, 6.07) is 68.9. The predicted octanol–water partition coefficient (Wildman–Crippen LogP) is 16.7. The highest BCUT2D eigenvalue weighted by Crippen LogP contribution is 2.64. The van der Waals surface area contributed by atoms with Crippen LogP contribution < -0.4 is 4.90 Å². The highest BCUT2D eigenvalue weighted by Gasteiger charge is 2.53. The van der Waals surface area contributed by atoms with Crippen molar-refractivity contribution in [1.82, 2.24) is 0 Å². The molecule has 0 N–H and O–H groups in total. The molecule has 10 rings (SSSR count). The van der Waals surface area contributed by atoms with E-state index >= 15 is 0 Å². The molecule has 8 aromatic rings. The standard InChI is InChI=1S/C61H57N/c1-58(2,3)44-25-31-50-51-32-26-45(59(4,5)6)37-55(51)61(54(50)36-44)56-38-46(60(7,8)9)27-33-52(56)53-34-30-49(39-57(53)61)62(47-28-23-42(24-29-47)40-17-12-10-13-18-40)48-22-16-21-43(35-48)41-19-14-11-15-20-41/h10-39H,1-9H3. The maximum absolute atomic E-state index is 2.56. The Hall–Kier alpha value is -6.44. The van der Waals surface area contributed by atoms with Crippen LogP contribution in [0.2, 0.25) is 0 Å². The van der Waals surface area contributed by atoms with Crippen LogP contribution in [0.4, 0.5) is 17.1 Å². The zero-order chi connectivity index (χ0) is 43.2. The van der Waals surface area contributed by atoms with Gasteiger partial charge in [-0.25, -0.2) is 0 Å². The molecular formula is C61H57N. The molecule has 0 radical (unpaired) electrons. The van der Waals surface area contributed by atoms with Gasteiger partial charge < -0.3 is 4.90 Å². The van der Waals surface area contributed by atoms with E-state index in [9.17, 15) is 0 Å². The fourth-order valence-electron chi connectivity index (χ4n) is 10.1. The molecule has 2 aliphatic rings. The third-order valence-electron chi connectivity index (χ3n) is 13.6. The van der Waals surface area contributed by atoms with Gasteiger partial charge in [-0.1, -0.05) is 208 Å². The number of anilines is 3. The molecule has 1 nitrogen and oxygen atoms in total. The van der Waals surface area contributed by atoms with E-state index in [1.807, 2.05) is 0 Å². The van der Waals surface area contributed by atoms with E-state index in [-0.39, 0.29) is 16.2 Å². The van der Waals surface area contributed by atoms with E-state index in [1.54, 1.807) is 0 Å². The summed E-state index contributed by atoms with van der Waals surface area (Å²) in [5.41, 5.74) is 22.5. The van der Waals surface area contributed by atoms with Crippen molar-refractivity contribution < 1.29 is 0 Å². The van der Waals surface area contributed by atoms with Gasteiger partial charge in [0.05, 0.1) is 5.41 Å². The quantitative estimate of drug-likeness (QED) is 0.168. The zero-order valence-corrected chi connectivity index (χ0v) is 37.8. The lowest BCUT2D eigenvalue weighted by molar-refractivity contribution is 0.584. The molecule has 2 aliphatic carbocycles. The normalized spacial score (nSPS) is 13.7. The summed E-state index contributed by atoms with van der Waals surface area (Å²) in [5.74, 6) is 0. The van der Waals surface area contributed by atoms with Gasteiger partial charge in [-0.05, 0) is 136 Å². The molecule has 0 unspecified atom stereocenters. The smallest absolute Gasteiger partial charge is 0.0726 e. The Kier molecular flexibility index (Phi) is 9.16. The number of benzene rings is 8. The molecule has 0 saturated carbocycles. The second kappa shape index (κ2) is 14.3. The van der Waals surface area contributed by atoms with Crippen molar-refractivity contribution in [3.8, 4) is 44.5 Å². The van der Waals surface area contributed by atoms with Gasteiger partial charge in [0.25, 0.3) is 0 Å². The van der Waals surface area contributed by atoms with Crippen LogP contribution in [-0.2, 0) is 21.7 Å². The Bertz CT molecular complexity index is 2880. The van der Waals surface area contributed by atoms with E-state index in [0.29, 0.717) is 0 Å². The summed E-state index contributed by atoms with van der Waals surface area (Å²) in [6.45, 7) is 21.1. The van der Waals surface area contributed by atoms with Crippen LogP contribution in [0.1, 0.15) is 101 Å². The summed E-state index contributed by atoms with van der Waals surface area (Å²) < 4.78 is 0. The first-order valence-corrected chi connectivity index (χ1v) is 22.3.